The molecule has 0 amide bonds. The van der Waals surface area contributed by atoms with E-state index in [1.807, 2.05) is 7.05 Å². The Hall–Kier alpha value is -0.860. The third kappa shape index (κ3) is 3.65. The van der Waals surface area contributed by atoms with E-state index >= 15 is 0 Å². The van der Waals surface area contributed by atoms with Crippen LogP contribution in [0.5, 0.6) is 0 Å². The molecule has 1 rings (SSSR count). The molecule has 2 nitrogen and oxygen atoms in total. The Kier molecular flexibility index (Phi) is 4.79. The molecule has 0 radical (unpaired) electrons. The molecule has 0 aromatic heterocycles. The SMILES string of the molecule is CNC(CCC(C)N)c1ccccc1C. The predicted octanol–water partition coefficient (Wildman–Crippen LogP) is 2.38. The van der Waals surface area contributed by atoms with Crippen molar-refractivity contribution in [1.29, 1.82) is 0 Å². The van der Waals surface area contributed by atoms with Crippen molar-refractivity contribution in [3.63, 3.8) is 0 Å². The van der Waals surface area contributed by atoms with Crippen LogP contribution in [-0.2, 0) is 0 Å². The molecule has 2 atom stereocenters. The van der Waals surface area contributed by atoms with Crippen LogP contribution in [0.15, 0.2) is 24.3 Å². The summed E-state index contributed by atoms with van der Waals surface area (Å²) in [6.07, 6.45) is 2.15. The second-order valence-electron chi connectivity index (χ2n) is 4.25. The largest absolute Gasteiger partial charge is 0.328 e. The summed E-state index contributed by atoms with van der Waals surface area (Å²) in [4.78, 5) is 0. The fourth-order valence-electron chi connectivity index (χ4n) is 1.86. The lowest BCUT2D eigenvalue weighted by Gasteiger charge is -2.19. The van der Waals surface area contributed by atoms with Gasteiger partial charge in [-0.1, -0.05) is 24.3 Å². The van der Waals surface area contributed by atoms with Gasteiger partial charge in [0.1, 0.15) is 0 Å². The zero-order chi connectivity index (χ0) is 11.3. The van der Waals surface area contributed by atoms with Gasteiger partial charge in [-0.05, 0) is 44.9 Å². The summed E-state index contributed by atoms with van der Waals surface area (Å²) in [7, 11) is 2.01. The number of rotatable bonds is 5. The molecule has 2 unspecified atom stereocenters. The number of hydrogen-bond acceptors (Lipinski definition) is 2. The lowest BCUT2D eigenvalue weighted by molar-refractivity contribution is 0.495. The van der Waals surface area contributed by atoms with Crippen LogP contribution in [-0.4, -0.2) is 13.1 Å². The van der Waals surface area contributed by atoms with Gasteiger partial charge in [0, 0.05) is 12.1 Å². The molecular weight excluding hydrogens is 184 g/mol. The van der Waals surface area contributed by atoms with Crippen molar-refractivity contribution in [2.75, 3.05) is 7.05 Å². The molecule has 0 heterocycles. The zero-order valence-corrected chi connectivity index (χ0v) is 9.96. The summed E-state index contributed by atoms with van der Waals surface area (Å²) in [5.74, 6) is 0. The van der Waals surface area contributed by atoms with Crippen molar-refractivity contribution in [2.24, 2.45) is 5.73 Å². The lowest BCUT2D eigenvalue weighted by atomic mass is 9.96. The number of benzene rings is 1. The van der Waals surface area contributed by atoms with Crippen molar-refractivity contribution >= 4 is 0 Å². The molecule has 0 aliphatic heterocycles. The second kappa shape index (κ2) is 5.89. The molecule has 0 aliphatic carbocycles. The highest BCUT2D eigenvalue weighted by molar-refractivity contribution is 5.28. The van der Waals surface area contributed by atoms with Crippen LogP contribution in [0.25, 0.3) is 0 Å². The minimum Gasteiger partial charge on any atom is -0.328 e. The van der Waals surface area contributed by atoms with Crippen LogP contribution >= 0.6 is 0 Å². The van der Waals surface area contributed by atoms with Gasteiger partial charge in [0.25, 0.3) is 0 Å². The summed E-state index contributed by atoms with van der Waals surface area (Å²) in [5, 5.41) is 3.36. The molecule has 0 saturated carbocycles. The fraction of sp³-hybridized carbons (Fsp3) is 0.538. The van der Waals surface area contributed by atoms with E-state index in [1.54, 1.807) is 0 Å². The molecule has 3 N–H and O–H groups in total. The van der Waals surface area contributed by atoms with Crippen LogP contribution < -0.4 is 11.1 Å². The molecule has 0 aliphatic rings. The van der Waals surface area contributed by atoms with E-state index in [1.165, 1.54) is 11.1 Å². The fourth-order valence-corrected chi connectivity index (χ4v) is 1.86. The van der Waals surface area contributed by atoms with Gasteiger partial charge in [-0.2, -0.15) is 0 Å². The third-order valence-electron chi connectivity index (χ3n) is 2.82. The van der Waals surface area contributed by atoms with E-state index in [9.17, 15) is 0 Å². The first-order chi connectivity index (χ1) is 7.15. The quantitative estimate of drug-likeness (QED) is 0.776. The number of hydrogen-bond donors (Lipinski definition) is 2. The Labute approximate surface area is 92.9 Å². The average Bonchev–Trinajstić information content (AvgIpc) is 2.21. The van der Waals surface area contributed by atoms with E-state index in [0.29, 0.717) is 6.04 Å². The summed E-state index contributed by atoms with van der Waals surface area (Å²) in [5.41, 5.74) is 8.52. The van der Waals surface area contributed by atoms with Crippen LogP contribution in [0.4, 0.5) is 0 Å². The molecule has 1 aromatic rings. The molecule has 1 aromatic carbocycles. The maximum absolute atomic E-state index is 5.78. The monoisotopic (exact) mass is 206 g/mol. The zero-order valence-electron chi connectivity index (χ0n) is 9.96. The van der Waals surface area contributed by atoms with E-state index in [2.05, 4.69) is 43.4 Å². The minimum atomic E-state index is 0.282. The molecule has 0 saturated heterocycles. The highest BCUT2D eigenvalue weighted by atomic mass is 14.9. The third-order valence-corrected chi connectivity index (χ3v) is 2.82. The smallest absolute Gasteiger partial charge is 0.0320 e. The van der Waals surface area contributed by atoms with Gasteiger partial charge in [-0.15, -0.1) is 0 Å². The topological polar surface area (TPSA) is 38.0 Å². The van der Waals surface area contributed by atoms with Gasteiger partial charge in [0.05, 0.1) is 0 Å². The summed E-state index contributed by atoms with van der Waals surface area (Å²) in [6.45, 7) is 4.22. The minimum absolute atomic E-state index is 0.282. The molecule has 0 spiro atoms. The standard InChI is InChI=1S/C13H22N2/c1-10-6-4-5-7-12(10)13(15-3)9-8-11(2)14/h4-7,11,13,15H,8-9,14H2,1-3H3. The van der Waals surface area contributed by atoms with Gasteiger partial charge in [0.2, 0.25) is 0 Å². The van der Waals surface area contributed by atoms with Gasteiger partial charge in [0.15, 0.2) is 0 Å². The average molecular weight is 206 g/mol. The highest BCUT2D eigenvalue weighted by Gasteiger charge is 2.11. The molecule has 15 heavy (non-hydrogen) atoms. The number of nitrogens with one attached hydrogen (secondary N) is 1. The Balaban J connectivity index is 2.70. The van der Waals surface area contributed by atoms with E-state index in [-0.39, 0.29) is 6.04 Å². The Morgan fingerprint density at radius 1 is 1.27 bits per heavy atom. The second-order valence-corrected chi connectivity index (χ2v) is 4.25. The van der Waals surface area contributed by atoms with Crippen LogP contribution in [0, 0.1) is 6.92 Å². The number of nitrogens with two attached hydrogens (primary N) is 1. The van der Waals surface area contributed by atoms with Crippen molar-refractivity contribution in [1.82, 2.24) is 5.32 Å². The van der Waals surface area contributed by atoms with Gasteiger partial charge < -0.3 is 11.1 Å². The molecule has 84 valence electrons. The molecule has 2 heteroatoms. The van der Waals surface area contributed by atoms with Crippen LogP contribution in [0.2, 0.25) is 0 Å². The number of aryl methyl sites for hydroxylation is 1. The van der Waals surface area contributed by atoms with Crippen LogP contribution in [0.1, 0.15) is 36.9 Å². The van der Waals surface area contributed by atoms with Gasteiger partial charge >= 0.3 is 0 Å². The Morgan fingerprint density at radius 3 is 2.47 bits per heavy atom. The van der Waals surface area contributed by atoms with E-state index < -0.39 is 0 Å². The van der Waals surface area contributed by atoms with Crippen molar-refractivity contribution in [3.05, 3.63) is 35.4 Å². The van der Waals surface area contributed by atoms with Crippen LogP contribution in [0.3, 0.4) is 0 Å². The summed E-state index contributed by atoms with van der Waals surface area (Å²) in [6, 6.07) is 9.24. The van der Waals surface area contributed by atoms with Crippen molar-refractivity contribution < 1.29 is 0 Å². The maximum atomic E-state index is 5.78. The van der Waals surface area contributed by atoms with Gasteiger partial charge in [-0.3, -0.25) is 0 Å². The first kappa shape index (κ1) is 12.2. The predicted molar refractivity (Wildman–Crippen MR) is 65.9 cm³/mol. The molecular formula is C13H22N2. The Morgan fingerprint density at radius 2 is 1.93 bits per heavy atom. The molecule has 0 bridgehead atoms. The van der Waals surface area contributed by atoms with E-state index in [4.69, 9.17) is 5.73 Å². The van der Waals surface area contributed by atoms with Gasteiger partial charge in [-0.25, -0.2) is 0 Å². The van der Waals surface area contributed by atoms with Crippen molar-refractivity contribution in [2.45, 2.75) is 38.8 Å². The van der Waals surface area contributed by atoms with E-state index in [0.717, 1.165) is 12.8 Å². The maximum Gasteiger partial charge on any atom is 0.0320 e. The molecule has 0 fully saturated rings. The highest BCUT2D eigenvalue weighted by Crippen LogP contribution is 2.21. The summed E-state index contributed by atoms with van der Waals surface area (Å²) < 4.78 is 0. The lowest BCUT2D eigenvalue weighted by Crippen LogP contribution is -2.22. The Bertz CT molecular complexity index is 294. The normalized spacial score (nSPS) is 14.9. The van der Waals surface area contributed by atoms with Crippen molar-refractivity contribution in [3.8, 4) is 0 Å². The first-order valence-corrected chi connectivity index (χ1v) is 5.63. The summed E-state index contributed by atoms with van der Waals surface area (Å²) >= 11 is 0. The first-order valence-electron chi connectivity index (χ1n) is 5.63.